The molecule has 3 rings (SSSR count). The second-order valence-corrected chi connectivity index (χ2v) is 5.94. The van der Waals surface area contributed by atoms with Gasteiger partial charge in [0.1, 0.15) is 0 Å². The lowest BCUT2D eigenvalue weighted by molar-refractivity contribution is 0.244. The average molecular weight is 320 g/mol. The van der Waals surface area contributed by atoms with Gasteiger partial charge in [-0.25, -0.2) is 4.39 Å². The summed E-state index contributed by atoms with van der Waals surface area (Å²) < 4.78 is 14.3. The summed E-state index contributed by atoms with van der Waals surface area (Å²) in [7, 11) is 0. The Labute approximate surface area is 142 Å². The molecule has 0 fully saturated rings. The van der Waals surface area contributed by atoms with Gasteiger partial charge in [-0.1, -0.05) is 72.8 Å². The van der Waals surface area contributed by atoms with E-state index in [9.17, 15) is 4.39 Å². The van der Waals surface area contributed by atoms with Gasteiger partial charge in [-0.15, -0.1) is 0 Å². The van der Waals surface area contributed by atoms with E-state index in [4.69, 9.17) is 5.73 Å². The van der Waals surface area contributed by atoms with Crippen LogP contribution >= 0.6 is 0 Å². The van der Waals surface area contributed by atoms with E-state index in [-0.39, 0.29) is 11.5 Å². The van der Waals surface area contributed by atoms with Crippen LogP contribution in [0, 0.1) is 5.82 Å². The van der Waals surface area contributed by atoms with E-state index in [1.807, 2.05) is 36.4 Å². The van der Waals surface area contributed by atoms with Crippen molar-refractivity contribution in [3.63, 3.8) is 0 Å². The van der Waals surface area contributed by atoms with Crippen LogP contribution < -0.4 is 5.73 Å². The minimum atomic E-state index is -0.316. The fraction of sp³-hybridized carbons (Fsp3) is 0.143. The van der Waals surface area contributed by atoms with Crippen molar-refractivity contribution in [2.45, 2.75) is 19.6 Å². The highest BCUT2D eigenvalue weighted by molar-refractivity contribution is 5.42. The van der Waals surface area contributed by atoms with E-state index >= 15 is 0 Å². The Morgan fingerprint density at radius 1 is 0.667 bits per heavy atom. The van der Waals surface area contributed by atoms with Crippen LogP contribution in [0.3, 0.4) is 0 Å². The molecule has 0 amide bonds. The molecule has 0 atom stereocenters. The Bertz CT molecular complexity index is 731. The molecule has 0 radical (unpaired) electrons. The molecule has 3 aromatic rings. The number of nitrogens with two attached hydrogens (primary N) is 1. The van der Waals surface area contributed by atoms with Crippen molar-refractivity contribution in [1.29, 1.82) is 0 Å². The molecule has 0 saturated carbocycles. The zero-order chi connectivity index (χ0) is 16.8. The molecule has 3 aromatic carbocycles. The van der Waals surface area contributed by atoms with Gasteiger partial charge in [-0.2, -0.15) is 0 Å². The zero-order valence-electron chi connectivity index (χ0n) is 13.5. The molecule has 24 heavy (non-hydrogen) atoms. The topological polar surface area (TPSA) is 29.3 Å². The molecular weight excluding hydrogens is 299 g/mol. The first kappa shape index (κ1) is 16.2. The Balaban J connectivity index is 1.82. The summed E-state index contributed by atoms with van der Waals surface area (Å²) in [6.07, 6.45) is 0. The molecular formula is C21H21FN2. The van der Waals surface area contributed by atoms with Crippen LogP contribution in [0.4, 0.5) is 10.1 Å². The second kappa shape index (κ2) is 7.75. The highest BCUT2D eigenvalue weighted by atomic mass is 19.1. The number of halogens is 1. The van der Waals surface area contributed by atoms with Crippen LogP contribution in [-0.4, -0.2) is 4.90 Å². The summed E-state index contributed by atoms with van der Waals surface area (Å²) in [5.41, 5.74) is 8.95. The highest BCUT2D eigenvalue weighted by Crippen LogP contribution is 2.19. The van der Waals surface area contributed by atoms with Crippen molar-refractivity contribution in [2.75, 3.05) is 5.73 Å². The minimum absolute atomic E-state index is 0.201. The summed E-state index contributed by atoms with van der Waals surface area (Å²) in [6, 6.07) is 25.7. The maximum atomic E-state index is 14.3. The van der Waals surface area contributed by atoms with E-state index in [0.29, 0.717) is 12.1 Å². The third-order valence-electron chi connectivity index (χ3n) is 4.00. The van der Waals surface area contributed by atoms with Gasteiger partial charge in [0.25, 0.3) is 0 Å². The third kappa shape index (κ3) is 4.21. The van der Waals surface area contributed by atoms with Crippen molar-refractivity contribution in [3.05, 3.63) is 101 Å². The lowest BCUT2D eigenvalue weighted by Gasteiger charge is -2.23. The molecule has 122 valence electrons. The first-order valence-corrected chi connectivity index (χ1v) is 8.05. The van der Waals surface area contributed by atoms with Crippen LogP contribution in [-0.2, 0) is 19.6 Å². The molecule has 0 unspecified atom stereocenters. The van der Waals surface area contributed by atoms with E-state index in [2.05, 4.69) is 29.2 Å². The predicted octanol–water partition coefficient (Wildman–Crippen LogP) is 4.61. The standard InChI is InChI=1S/C21H21FN2/c22-21-19(12-7-13-20(21)23)16-24(14-17-8-3-1-4-9-17)15-18-10-5-2-6-11-18/h1-13H,14-16,23H2. The van der Waals surface area contributed by atoms with Gasteiger partial charge >= 0.3 is 0 Å². The van der Waals surface area contributed by atoms with E-state index < -0.39 is 0 Å². The average Bonchev–Trinajstić information content (AvgIpc) is 2.61. The minimum Gasteiger partial charge on any atom is -0.396 e. The number of nitrogens with zero attached hydrogens (tertiary/aromatic N) is 1. The number of rotatable bonds is 6. The summed E-state index contributed by atoms with van der Waals surface area (Å²) in [6.45, 7) is 2.02. The van der Waals surface area contributed by atoms with Gasteiger partial charge in [-0.05, 0) is 17.2 Å². The fourth-order valence-corrected chi connectivity index (χ4v) is 2.81. The number of nitrogen functional groups attached to an aromatic ring is 1. The molecule has 0 aliphatic carbocycles. The van der Waals surface area contributed by atoms with Crippen molar-refractivity contribution in [1.82, 2.24) is 4.90 Å². The Morgan fingerprint density at radius 2 is 1.21 bits per heavy atom. The molecule has 0 aliphatic heterocycles. The van der Waals surface area contributed by atoms with Gasteiger partial charge in [-0.3, -0.25) is 4.90 Å². The van der Waals surface area contributed by atoms with Gasteiger partial charge in [0.05, 0.1) is 5.69 Å². The van der Waals surface area contributed by atoms with Crippen molar-refractivity contribution >= 4 is 5.69 Å². The lowest BCUT2D eigenvalue weighted by Crippen LogP contribution is -2.23. The molecule has 2 N–H and O–H groups in total. The SMILES string of the molecule is Nc1cccc(CN(Cc2ccccc2)Cc2ccccc2)c1F. The second-order valence-electron chi connectivity index (χ2n) is 5.94. The fourth-order valence-electron chi connectivity index (χ4n) is 2.81. The summed E-state index contributed by atoms with van der Waals surface area (Å²) in [5.74, 6) is -0.316. The number of anilines is 1. The molecule has 0 spiro atoms. The molecule has 3 heteroatoms. The molecule has 0 saturated heterocycles. The highest BCUT2D eigenvalue weighted by Gasteiger charge is 2.12. The summed E-state index contributed by atoms with van der Waals surface area (Å²) in [5, 5.41) is 0. The number of benzene rings is 3. The van der Waals surface area contributed by atoms with E-state index in [1.54, 1.807) is 18.2 Å². The molecule has 0 bridgehead atoms. The molecule has 0 aliphatic rings. The van der Waals surface area contributed by atoms with Crippen molar-refractivity contribution < 1.29 is 4.39 Å². The van der Waals surface area contributed by atoms with Crippen LogP contribution in [0.2, 0.25) is 0 Å². The number of hydrogen-bond acceptors (Lipinski definition) is 2. The summed E-state index contributed by atoms with van der Waals surface area (Å²) in [4.78, 5) is 2.22. The largest absolute Gasteiger partial charge is 0.396 e. The summed E-state index contributed by atoms with van der Waals surface area (Å²) >= 11 is 0. The van der Waals surface area contributed by atoms with Crippen LogP contribution in [0.15, 0.2) is 78.9 Å². The van der Waals surface area contributed by atoms with Gasteiger partial charge in [0.2, 0.25) is 0 Å². The van der Waals surface area contributed by atoms with Crippen LogP contribution in [0.25, 0.3) is 0 Å². The zero-order valence-corrected chi connectivity index (χ0v) is 13.5. The predicted molar refractivity (Wildman–Crippen MR) is 96.6 cm³/mol. The van der Waals surface area contributed by atoms with Gasteiger partial charge in [0, 0.05) is 25.2 Å². The Morgan fingerprint density at radius 3 is 1.75 bits per heavy atom. The van der Waals surface area contributed by atoms with E-state index in [0.717, 1.165) is 13.1 Å². The molecule has 2 nitrogen and oxygen atoms in total. The molecule has 0 heterocycles. The van der Waals surface area contributed by atoms with Gasteiger partial charge in [0.15, 0.2) is 5.82 Å². The molecule has 0 aromatic heterocycles. The van der Waals surface area contributed by atoms with Gasteiger partial charge < -0.3 is 5.73 Å². The Kier molecular flexibility index (Phi) is 5.24. The Hall–Kier alpha value is -2.65. The first-order chi connectivity index (χ1) is 11.7. The van der Waals surface area contributed by atoms with E-state index in [1.165, 1.54) is 11.1 Å². The van der Waals surface area contributed by atoms with Crippen LogP contribution in [0.1, 0.15) is 16.7 Å². The smallest absolute Gasteiger partial charge is 0.150 e. The monoisotopic (exact) mass is 320 g/mol. The lowest BCUT2D eigenvalue weighted by atomic mass is 10.1. The first-order valence-electron chi connectivity index (χ1n) is 8.05. The van der Waals surface area contributed by atoms with Crippen molar-refractivity contribution in [2.24, 2.45) is 0 Å². The quantitative estimate of drug-likeness (QED) is 0.672. The van der Waals surface area contributed by atoms with Crippen molar-refractivity contribution in [3.8, 4) is 0 Å². The maximum absolute atomic E-state index is 14.3. The third-order valence-corrected chi connectivity index (χ3v) is 4.00. The maximum Gasteiger partial charge on any atom is 0.150 e. The normalized spacial score (nSPS) is 10.9. The number of hydrogen-bond donors (Lipinski definition) is 1. The van der Waals surface area contributed by atoms with Crippen LogP contribution in [0.5, 0.6) is 0 Å².